The first-order chi connectivity index (χ1) is 15.2. The van der Waals surface area contributed by atoms with Crippen LogP contribution in [0.3, 0.4) is 0 Å². The maximum atomic E-state index is 13.1. The van der Waals surface area contributed by atoms with Crippen molar-refractivity contribution in [2.75, 3.05) is 33.4 Å². The van der Waals surface area contributed by atoms with Crippen molar-refractivity contribution in [1.82, 2.24) is 9.62 Å². The molecule has 1 N–H and O–H groups in total. The van der Waals surface area contributed by atoms with Crippen LogP contribution in [-0.2, 0) is 10.0 Å². The lowest BCUT2D eigenvalue weighted by Gasteiger charge is -2.29. The molecule has 1 saturated heterocycles. The molecule has 0 unspecified atom stereocenters. The van der Waals surface area contributed by atoms with Crippen LogP contribution < -0.4 is 14.8 Å². The van der Waals surface area contributed by atoms with E-state index in [9.17, 15) is 13.2 Å². The summed E-state index contributed by atoms with van der Waals surface area (Å²) in [6.45, 7) is 7.68. The number of nitrogens with one attached hydrogen (secondary N) is 1. The van der Waals surface area contributed by atoms with Crippen LogP contribution in [0.25, 0.3) is 0 Å². The summed E-state index contributed by atoms with van der Waals surface area (Å²) in [5.41, 5.74) is 2.40. The predicted octanol–water partition coefficient (Wildman–Crippen LogP) is 3.54. The molecule has 32 heavy (non-hydrogen) atoms. The number of carbonyl (C=O) groups is 1. The van der Waals surface area contributed by atoms with E-state index in [-0.39, 0.29) is 17.0 Å². The number of methoxy groups -OCH3 is 1. The van der Waals surface area contributed by atoms with Gasteiger partial charge in [-0.1, -0.05) is 13.0 Å². The van der Waals surface area contributed by atoms with Gasteiger partial charge < -0.3 is 14.8 Å². The molecule has 7 nitrogen and oxygen atoms in total. The van der Waals surface area contributed by atoms with Crippen molar-refractivity contribution in [3.63, 3.8) is 0 Å². The molecule has 2 aromatic rings. The topological polar surface area (TPSA) is 84.9 Å². The predicted molar refractivity (Wildman–Crippen MR) is 124 cm³/mol. The summed E-state index contributed by atoms with van der Waals surface area (Å²) in [5, 5.41) is 2.78. The molecule has 1 fully saturated rings. The zero-order chi connectivity index (χ0) is 23.3. The molecule has 0 spiro atoms. The zero-order valence-electron chi connectivity index (χ0n) is 19.2. The van der Waals surface area contributed by atoms with Gasteiger partial charge in [-0.3, -0.25) is 4.79 Å². The summed E-state index contributed by atoms with van der Waals surface area (Å²) in [6, 6.07) is 10.4. The SMILES string of the molecule is COc1ccc(S(=O)(=O)N2CCC(C)CC2)cc1C(=O)NCCOc1cc(C)cc(C)c1. The third kappa shape index (κ3) is 5.81. The number of nitrogens with zero attached hydrogens (tertiary/aromatic N) is 1. The normalized spacial score (nSPS) is 15.4. The number of carbonyl (C=O) groups excluding carboxylic acids is 1. The fourth-order valence-electron chi connectivity index (χ4n) is 3.84. The first-order valence-electron chi connectivity index (χ1n) is 10.9. The Bertz CT molecular complexity index is 1040. The van der Waals surface area contributed by atoms with Gasteiger partial charge in [0.1, 0.15) is 18.1 Å². The van der Waals surface area contributed by atoms with E-state index in [0.29, 0.717) is 31.4 Å². The Morgan fingerprint density at radius 1 is 1.09 bits per heavy atom. The number of amides is 1. The number of aryl methyl sites for hydroxylation is 2. The molecule has 0 atom stereocenters. The summed E-state index contributed by atoms with van der Waals surface area (Å²) in [4.78, 5) is 12.9. The van der Waals surface area contributed by atoms with Gasteiger partial charge in [-0.05, 0) is 74.1 Å². The lowest BCUT2D eigenvalue weighted by Crippen LogP contribution is -2.38. The molecule has 1 heterocycles. The third-order valence-corrected chi connectivity index (χ3v) is 7.54. The summed E-state index contributed by atoms with van der Waals surface area (Å²) >= 11 is 0. The number of hydrogen-bond donors (Lipinski definition) is 1. The fourth-order valence-corrected chi connectivity index (χ4v) is 5.34. The van der Waals surface area contributed by atoms with Gasteiger partial charge in [0.15, 0.2) is 0 Å². The number of piperidine rings is 1. The number of benzene rings is 2. The smallest absolute Gasteiger partial charge is 0.255 e. The summed E-state index contributed by atoms with van der Waals surface area (Å²) in [5.74, 6) is 1.18. The van der Waals surface area contributed by atoms with Crippen molar-refractivity contribution in [2.45, 2.75) is 38.5 Å². The Balaban J connectivity index is 1.67. The monoisotopic (exact) mass is 460 g/mol. The van der Waals surface area contributed by atoms with E-state index in [0.717, 1.165) is 29.7 Å². The Kier molecular flexibility index (Phi) is 7.79. The van der Waals surface area contributed by atoms with E-state index in [1.54, 1.807) is 0 Å². The standard InChI is InChI=1S/C24H32N2O5S/c1-17-7-10-26(11-8-17)32(28,29)21-5-6-23(30-4)22(16-21)24(27)25-9-12-31-20-14-18(2)13-19(3)15-20/h5-6,13-17H,7-12H2,1-4H3,(H,25,27). The number of ether oxygens (including phenoxy) is 2. The molecule has 0 saturated carbocycles. The molecule has 2 aromatic carbocycles. The van der Waals surface area contributed by atoms with Crippen molar-refractivity contribution < 1.29 is 22.7 Å². The highest BCUT2D eigenvalue weighted by atomic mass is 32.2. The molecular weight excluding hydrogens is 428 g/mol. The Labute approximate surface area is 190 Å². The molecular formula is C24H32N2O5S. The maximum Gasteiger partial charge on any atom is 0.255 e. The molecule has 8 heteroatoms. The minimum atomic E-state index is -3.66. The van der Waals surface area contributed by atoms with Crippen LogP contribution in [0.2, 0.25) is 0 Å². The summed E-state index contributed by atoms with van der Waals surface area (Å²) in [7, 11) is -2.21. The Morgan fingerprint density at radius 3 is 2.38 bits per heavy atom. The van der Waals surface area contributed by atoms with Gasteiger partial charge in [-0.25, -0.2) is 8.42 Å². The van der Waals surface area contributed by atoms with Gasteiger partial charge in [0.25, 0.3) is 5.91 Å². The van der Waals surface area contributed by atoms with Gasteiger partial charge in [0.2, 0.25) is 10.0 Å². The Morgan fingerprint density at radius 2 is 1.75 bits per heavy atom. The van der Waals surface area contributed by atoms with Crippen LogP contribution in [0.1, 0.15) is 41.3 Å². The molecule has 1 amide bonds. The van der Waals surface area contributed by atoms with Crippen LogP contribution in [-0.4, -0.2) is 52.0 Å². The second-order valence-corrected chi connectivity index (χ2v) is 10.3. The van der Waals surface area contributed by atoms with Crippen LogP contribution in [0.5, 0.6) is 11.5 Å². The summed E-state index contributed by atoms with van der Waals surface area (Å²) < 4.78 is 38.7. The molecule has 174 valence electrons. The van der Waals surface area contributed by atoms with E-state index in [1.165, 1.54) is 29.6 Å². The molecule has 1 aliphatic heterocycles. The van der Waals surface area contributed by atoms with E-state index in [4.69, 9.17) is 9.47 Å². The zero-order valence-corrected chi connectivity index (χ0v) is 20.0. The second-order valence-electron chi connectivity index (χ2n) is 8.38. The van der Waals surface area contributed by atoms with Gasteiger partial charge in [0.05, 0.1) is 24.1 Å². The molecule has 0 aromatic heterocycles. The number of sulfonamides is 1. The van der Waals surface area contributed by atoms with Crippen molar-refractivity contribution in [3.8, 4) is 11.5 Å². The van der Waals surface area contributed by atoms with Crippen molar-refractivity contribution in [3.05, 3.63) is 53.1 Å². The van der Waals surface area contributed by atoms with Gasteiger partial charge >= 0.3 is 0 Å². The fraction of sp³-hybridized carbons (Fsp3) is 0.458. The highest BCUT2D eigenvalue weighted by Crippen LogP contribution is 2.27. The molecule has 1 aliphatic rings. The van der Waals surface area contributed by atoms with Crippen LogP contribution >= 0.6 is 0 Å². The average Bonchev–Trinajstić information content (AvgIpc) is 2.75. The largest absolute Gasteiger partial charge is 0.496 e. The van der Waals surface area contributed by atoms with E-state index in [1.807, 2.05) is 26.0 Å². The molecule has 0 bridgehead atoms. The van der Waals surface area contributed by atoms with Gasteiger partial charge in [0, 0.05) is 13.1 Å². The quantitative estimate of drug-likeness (QED) is 0.609. The molecule has 3 rings (SSSR count). The Hall–Kier alpha value is -2.58. The average molecular weight is 461 g/mol. The minimum Gasteiger partial charge on any atom is -0.496 e. The van der Waals surface area contributed by atoms with Crippen molar-refractivity contribution in [1.29, 1.82) is 0 Å². The summed E-state index contributed by atoms with van der Waals surface area (Å²) in [6.07, 6.45) is 1.67. The van der Waals surface area contributed by atoms with Gasteiger partial charge in [-0.2, -0.15) is 4.31 Å². The highest BCUT2D eigenvalue weighted by Gasteiger charge is 2.29. The van der Waals surface area contributed by atoms with Crippen molar-refractivity contribution >= 4 is 15.9 Å². The lowest BCUT2D eigenvalue weighted by molar-refractivity contribution is 0.0943. The van der Waals surface area contributed by atoms with Crippen molar-refractivity contribution in [2.24, 2.45) is 5.92 Å². The van der Waals surface area contributed by atoms with E-state index >= 15 is 0 Å². The molecule has 0 aliphatic carbocycles. The first-order valence-corrected chi connectivity index (χ1v) is 12.3. The highest BCUT2D eigenvalue weighted by molar-refractivity contribution is 7.89. The van der Waals surface area contributed by atoms with E-state index < -0.39 is 15.9 Å². The minimum absolute atomic E-state index is 0.101. The van der Waals surface area contributed by atoms with Crippen LogP contribution in [0.15, 0.2) is 41.3 Å². The number of hydrogen-bond acceptors (Lipinski definition) is 5. The van der Waals surface area contributed by atoms with Crippen LogP contribution in [0, 0.1) is 19.8 Å². The van der Waals surface area contributed by atoms with Gasteiger partial charge in [-0.15, -0.1) is 0 Å². The first kappa shape index (κ1) is 24.1. The number of rotatable bonds is 8. The third-order valence-electron chi connectivity index (χ3n) is 5.65. The molecule has 0 radical (unpaired) electrons. The van der Waals surface area contributed by atoms with E-state index in [2.05, 4.69) is 18.3 Å². The maximum absolute atomic E-state index is 13.1. The van der Waals surface area contributed by atoms with Crippen LogP contribution in [0.4, 0.5) is 0 Å². The second kappa shape index (κ2) is 10.4. The lowest BCUT2D eigenvalue weighted by atomic mass is 10.0.